The van der Waals surface area contributed by atoms with Crippen molar-refractivity contribution < 1.29 is 19.0 Å². The van der Waals surface area contributed by atoms with Gasteiger partial charge in [-0.3, -0.25) is 9.89 Å². The first-order valence-corrected chi connectivity index (χ1v) is 12.8. The van der Waals surface area contributed by atoms with Crippen molar-refractivity contribution in [3.63, 3.8) is 0 Å². The standard InChI is InChI=1S/C29H28BrN3O4/c1-4-21-22-14-24(35-2)25(36-3)15-23(22)28-27(21)29(31-20-12-8-11-19(30)13-20)33(32-28)26(34)17-37-16-18-9-6-5-7-10-18/h5-15,31-32H,4,16-17H2,1-3H3. The fourth-order valence-electron chi connectivity index (χ4n) is 4.68. The van der Waals surface area contributed by atoms with Gasteiger partial charge in [-0.25, -0.2) is 4.68 Å². The van der Waals surface area contributed by atoms with E-state index in [4.69, 9.17) is 14.2 Å². The van der Waals surface area contributed by atoms with E-state index in [1.54, 1.807) is 18.9 Å². The number of H-pyrrole nitrogens is 1. The van der Waals surface area contributed by atoms with Crippen LogP contribution in [0.2, 0.25) is 0 Å². The summed E-state index contributed by atoms with van der Waals surface area (Å²) in [4.78, 5) is 13.5. The Kier molecular flexibility index (Phi) is 7.21. The van der Waals surface area contributed by atoms with E-state index in [0.717, 1.165) is 49.7 Å². The van der Waals surface area contributed by atoms with Crippen LogP contribution in [0, 0.1) is 0 Å². The number of nitrogens with zero attached hydrogens (tertiary/aromatic N) is 1. The van der Waals surface area contributed by atoms with Gasteiger partial charge >= 0.3 is 0 Å². The molecule has 2 N–H and O–H groups in total. The number of aryl methyl sites for hydroxylation is 1. The van der Waals surface area contributed by atoms with Crippen LogP contribution in [0.15, 0.2) is 71.2 Å². The van der Waals surface area contributed by atoms with Crippen molar-refractivity contribution in [2.24, 2.45) is 0 Å². The van der Waals surface area contributed by atoms with E-state index in [0.29, 0.717) is 23.9 Å². The molecule has 1 aliphatic heterocycles. The monoisotopic (exact) mass is 561 g/mol. The third kappa shape index (κ3) is 4.82. The van der Waals surface area contributed by atoms with Gasteiger partial charge in [-0.05, 0) is 53.3 Å². The highest BCUT2D eigenvalue weighted by atomic mass is 79.9. The Morgan fingerprint density at radius 3 is 2.38 bits per heavy atom. The molecule has 0 unspecified atom stereocenters. The van der Waals surface area contributed by atoms with Gasteiger partial charge in [0, 0.05) is 21.1 Å². The lowest BCUT2D eigenvalue weighted by Crippen LogP contribution is -2.20. The quantitative estimate of drug-likeness (QED) is 0.202. The van der Waals surface area contributed by atoms with Crippen molar-refractivity contribution in [2.75, 3.05) is 26.1 Å². The molecule has 0 spiro atoms. The Morgan fingerprint density at radius 1 is 0.973 bits per heavy atom. The average Bonchev–Trinajstić information content (AvgIpc) is 3.42. The van der Waals surface area contributed by atoms with E-state index in [1.807, 2.05) is 66.7 Å². The van der Waals surface area contributed by atoms with Crippen LogP contribution in [-0.4, -0.2) is 36.5 Å². The summed E-state index contributed by atoms with van der Waals surface area (Å²) in [5.41, 5.74) is 4.77. The largest absolute Gasteiger partial charge is 0.493 e. The van der Waals surface area contributed by atoms with E-state index in [2.05, 4.69) is 33.3 Å². The molecular formula is C29H28BrN3O4. The maximum absolute atomic E-state index is 13.5. The Bertz CT molecular complexity index is 1520. The Morgan fingerprint density at radius 2 is 1.70 bits per heavy atom. The number of halogens is 1. The van der Waals surface area contributed by atoms with Crippen molar-refractivity contribution in [3.05, 3.63) is 82.3 Å². The van der Waals surface area contributed by atoms with Crippen LogP contribution in [0.3, 0.4) is 0 Å². The Labute approximate surface area is 223 Å². The molecule has 8 heteroatoms. The number of fused-ring (bicyclic) bond motifs is 3. The first-order chi connectivity index (χ1) is 18.0. The summed E-state index contributed by atoms with van der Waals surface area (Å²) in [6, 6.07) is 21.6. The second kappa shape index (κ2) is 10.7. The van der Waals surface area contributed by atoms with Crippen LogP contribution in [0.5, 0.6) is 11.5 Å². The molecular weight excluding hydrogens is 534 g/mol. The Hall–Kier alpha value is -3.75. The molecule has 0 atom stereocenters. The molecule has 37 heavy (non-hydrogen) atoms. The SMILES string of the molecule is CCc1c2c(Nc3cccc(Br)c3)n(C(=O)COCc3ccccc3)[nH]c-2c2cc(OC)c(OC)cc12. The van der Waals surface area contributed by atoms with Crippen LogP contribution >= 0.6 is 15.9 Å². The summed E-state index contributed by atoms with van der Waals surface area (Å²) >= 11 is 3.54. The van der Waals surface area contributed by atoms with Gasteiger partial charge in [0.1, 0.15) is 12.4 Å². The van der Waals surface area contributed by atoms with Gasteiger partial charge < -0.3 is 19.5 Å². The second-order valence-corrected chi connectivity index (χ2v) is 9.55. The number of hydrogen-bond donors (Lipinski definition) is 2. The zero-order valence-corrected chi connectivity index (χ0v) is 22.5. The molecule has 0 fully saturated rings. The number of aromatic nitrogens is 2. The van der Waals surface area contributed by atoms with Crippen molar-refractivity contribution in [1.82, 2.24) is 9.78 Å². The third-order valence-electron chi connectivity index (χ3n) is 6.38. The fraction of sp³-hybridized carbons (Fsp3) is 0.207. The summed E-state index contributed by atoms with van der Waals surface area (Å²) < 4.78 is 19.4. The molecule has 0 bridgehead atoms. The van der Waals surface area contributed by atoms with Crippen LogP contribution in [0.4, 0.5) is 11.5 Å². The zero-order chi connectivity index (χ0) is 25.9. The molecule has 0 saturated heterocycles. The first kappa shape index (κ1) is 24.9. The maximum Gasteiger partial charge on any atom is 0.272 e. The van der Waals surface area contributed by atoms with Crippen molar-refractivity contribution in [1.29, 1.82) is 0 Å². The molecule has 0 aromatic heterocycles. The fourth-order valence-corrected chi connectivity index (χ4v) is 5.08. The van der Waals surface area contributed by atoms with Gasteiger partial charge in [0.25, 0.3) is 5.91 Å². The minimum absolute atomic E-state index is 0.0770. The minimum Gasteiger partial charge on any atom is -0.493 e. The summed E-state index contributed by atoms with van der Waals surface area (Å²) in [6.07, 6.45) is 0.763. The highest BCUT2D eigenvalue weighted by molar-refractivity contribution is 9.10. The number of aromatic amines is 1. The number of rotatable bonds is 9. The van der Waals surface area contributed by atoms with Gasteiger partial charge in [-0.15, -0.1) is 0 Å². The Balaban J connectivity index is 1.60. The zero-order valence-electron chi connectivity index (χ0n) is 20.9. The highest BCUT2D eigenvalue weighted by Gasteiger charge is 2.29. The second-order valence-electron chi connectivity index (χ2n) is 8.64. The average molecular weight is 562 g/mol. The molecule has 0 saturated carbocycles. The maximum atomic E-state index is 13.5. The summed E-state index contributed by atoms with van der Waals surface area (Å²) in [5, 5.41) is 8.84. The highest BCUT2D eigenvalue weighted by Crippen LogP contribution is 2.47. The summed E-state index contributed by atoms with van der Waals surface area (Å²) in [5.74, 6) is 1.74. The molecule has 7 nitrogen and oxygen atoms in total. The van der Waals surface area contributed by atoms with Gasteiger partial charge in [0.05, 0.1) is 26.5 Å². The molecule has 3 aromatic carbocycles. The predicted octanol–water partition coefficient (Wildman–Crippen LogP) is 7.02. The molecule has 190 valence electrons. The lowest BCUT2D eigenvalue weighted by molar-refractivity contribution is 0.0631. The molecule has 3 aromatic rings. The summed E-state index contributed by atoms with van der Waals surface area (Å²) in [7, 11) is 3.25. The summed E-state index contributed by atoms with van der Waals surface area (Å²) in [6.45, 7) is 2.39. The molecule has 1 heterocycles. The van der Waals surface area contributed by atoms with E-state index in [1.165, 1.54) is 0 Å². The van der Waals surface area contributed by atoms with Gasteiger partial charge in [-0.2, -0.15) is 0 Å². The first-order valence-electron chi connectivity index (χ1n) is 12.0. The number of carbonyl (C=O) groups is 1. The minimum atomic E-state index is -0.208. The van der Waals surface area contributed by atoms with Gasteiger partial charge in [0.15, 0.2) is 11.5 Å². The smallest absolute Gasteiger partial charge is 0.272 e. The molecule has 1 aliphatic carbocycles. The molecule has 0 amide bonds. The number of carbonyl (C=O) groups excluding carboxylic acids is 1. The van der Waals surface area contributed by atoms with Gasteiger partial charge in [-0.1, -0.05) is 59.3 Å². The number of benzene rings is 3. The predicted molar refractivity (Wildman–Crippen MR) is 150 cm³/mol. The number of hydrogen-bond acceptors (Lipinski definition) is 5. The van der Waals surface area contributed by atoms with Gasteiger partial charge in [0.2, 0.25) is 0 Å². The van der Waals surface area contributed by atoms with E-state index >= 15 is 0 Å². The third-order valence-corrected chi connectivity index (χ3v) is 6.87. The van der Waals surface area contributed by atoms with Crippen molar-refractivity contribution in [3.8, 4) is 22.8 Å². The van der Waals surface area contributed by atoms with E-state index < -0.39 is 0 Å². The van der Waals surface area contributed by atoms with E-state index in [9.17, 15) is 4.79 Å². The number of nitrogens with one attached hydrogen (secondary N) is 2. The number of ether oxygens (including phenoxy) is 3. The van der Waals surface area contributed by atoms with Crippen LogP contribution < -0.4 is 14.8 Å². The number of anilines is 2. The van der Waals surface area contributed by atoms with Crippen molar-refractivity contribution in [2.45, 2.75) is 20.0 Å². The lowest BCUT2D eigenvalue weighted by atomic mass is 10.1. The number of methoxy groups -OCH3 is 2. The topological polar surface area (TPSA) is 77.5 Å². The van der Waals surface area contributed by atoms with Crippen molar-refractivity contribution >= 4 is 44.1 Å². The lowest BCUT2D eigenvalue weighted by Gasteiger charge is -2.13. The van der Waals surface area contributed by atoms with Crippen LogP contribution in [0.1, 0.15) is 22.8 Å². The molecule has 0 radical (unpaired) electrons. The molecule has 5 rings (SSSR count). The van der Waals surface area contributed by atoms with Crippen LogP contribution in [0.25, 0.3) is 22.0 Å². The normalized spacial score (nSPS) is 11.2. The van der Waals surface area contributed by atoms with Crippen LogP contribution in [-0.2, 0) is 17.8 Å². The molecule has 2 aliphatic rings. The van der Waals surface area contributed by atoms with E-state index in [-0.39, 0.29) is 12.5 Å².